The number of phenolic OH excluding ortho intramolecular Hbond substituents is 3. The number of para-hydroxylation sites is 2. The number of aromatic hydroxyl groups is 3. The highest BCUT2D eigenvalue weighted by atomic mass is 16.5. The first-order valence-electron chi connectivity index (χ1n) is 10.7. The molecule has 0 radical (unpaired) electrons. The number of rotatable bonds is 5. The van der Waals surface area contributed by atoms with E-state index in [1.807, 2.05) is 93.3 Å². The normalized spacial score (nSPS) is 10.8. The largest absolute Gasteiger partial charge is 0.508 e. The molecule has 5 nitrogen and oxygen atoms in total. The van der Waals surface area contributed by atoms with E-state index in [9.17, 15) is 15.3 Å². The Morgan fingerprint density at radius 2 is 1.21 bits per heavy atom. The van der Waals surface area contributed by atoms with Crippen LogP contribution >= 0.6 is 0 Å². The number of benzene rings is 4. The topological polar surface area (TPSA) is 73.2 Å². The minimum Gasteiger partial charge on any atom is -0.508 e. The molecule has 0 aromatic heterocycles. The maximum atomic E-state index is 10.9. The second-order valence-electron chi connectivity index (χ2n) is 8.15. The van der Waals surface area contributed by atoms with Crippen LogP contribution in [0.25, 0.3) is 0 Å². The smallest absolute Gasteiger partial charge is 0.142 e. The Bertz CT molecular complexity index is 1280. The Morgan fingerprint density at radius 1 is 0.636 bits per heavy atom. The van der Waals surface area contributed by atoms with Gasteiger partial charge in [-0.2, -0.15) is 0 Å². The standard InChI is InChI=1S/C28H27NO4/c1-17-8-5-12-23(27(17)31)29(24-13-6-9-18(2)28(24)32)21-10-7-11-22(16-21)33-26-15-14-25(30)19(3)20(26)4/h5-16,30-32H,1-4H3. The zero-order chi connectivity index (χ0) is 23.7. The van der Waals surface area contributed by atoms with Crippen LogP contribution in [-0.2, 0) is 0 Å². The summed E-state index contributed by atoms with van der Waals surface area (Å²) in [6, 6.07) is 21.8. The number of nitrogens with zero attached hydrogens (tertiary/aromatic N) is 1. The lowest BCUT2D eigenvalue weighted by atomic mass is 10.1. The molecule has 0 spiro atoms. The van der Waals surface area contributed by atoms with Gasteiger partial charge in [0.05, 0.1) is 17.1 Å². The Kier molecular flexibility index (Phi) is 5.88. The first kappa shape index (κ1) is 22.1. The zero-order valence-electron chi connectivity index (χ0n) is 19.1. The molecule has 33 heavy (non-hydrogen) atoms. The van der Waals surface area contributed by atoms with Crippen LogP contribution in [0.5, 0.6) is 28.7 Å². The maximum absolute atomic E-state index is 10.9. The summed E-state index contributed by atoms with van der Waals surface area (Å²) < 4.78 is 6.15. The Labute approximate surface area is 193 Å². The minimum atomic E-state index is 0.134. The molecule has 0 fully saturated rings. The third-order valence-electron chi connectivity index (χ3n) is 5.93. The number of phenols is 3. The Morgan fingerprint density at radius 3 is 1.82 bits per heavy atom. The van der Waals surface area contributed by atoms with Crippen molar-refractivity contribution in [3.63, 3.8) is 0 Å². The van der Waals surface area contributed by atoms with Crippen LogP contribution < -0.4 is 9.64 Å². The van der Waals surface area contributed by atoms with Crippen molar-refractivity contribution in [3.8, 4) is 28.7 Å². The van der Waals surface area contributed by atoms with Crippen LogP contribution in [0.2, 0.25) is 0 Å². The third kappa shape index (κ3) is 4.17. The van der Waals surface area contributed by atoms with Gasteiger partial charge in [0.15, 0.2) is 0 Å². The third-order valence-corrected chi connectivity index (χ3v) is 5.93. The molecule has 0 atom stereocenters. The molecule has 0 saturated carbocycles. The lowest BCUT2D eigenvalue weighted by molar-refractivity contribution is 0.457. The number of ether oxygens (including phenoxy) is 1. The summed E-state index contributed by atoms with van der Waals surface area (Å²) >= 11 is 0. The van der Waals surface area contributed by atoms with Gasteiger partial charge in [-0.25, -0.2) is 0 Å². The van der Waals surface area contributed by atoms with E-state index in [1.165, 1.54) is 0 Å². The molecule has 0 aliphatic rings. The fourth-order valence-corrected chi connectivity index (χ4v) is 3.76. The van der Waals surface area contributed by atoms with Gasteiger partial charge in [0, 0.05) is 6.07 Å². The first-order chi connectivity index (χ1) is 15.8. The maximum Gasteiger partial charge on any atom is 0.142 e. The monoisotopic (exact) mass is 441 g/mol. The summed E-state index contributed by atoms with van der Waals surface area (Å²) in [5.41, 5.74) is 4.88. The summed E-state index contributed by atoms with van der Waals surface area (Å²) in [5.74, 6) is 1.73. The highest BCUT2D eigenvalue weighted by molar-refractivity contribution is 5.84. The lowest BCUT2D eigenvalue weighted by Gasteiger charge is -2.28. The predicted octanol–water partition coefficient (Wildman–Crippen LogP) is 7.30. The van der Waals surface area contributed by atoms with Crippen molar-refractivity contribution in [1.82, 2.24) is 0 Å². The molecular formula is C28H27NO4. The van der Waals surface area contributed by atoms with E-state index in [0.29, 0.717) is 28.6 Å². The number of anilines is 3. The van der Waals surface area contributed by atoms with Gasteiger partial charge in [-0.15, -0.1) is 0 Å². The van der Waals surface area contributed by atoms with E-state index in [-0.39, 0.29) is 17.2 Å². The molecule has 0 amide bonds. The number of hydrogen-bond acceptors (Lipinski definition) is 5. The van der Waals surface area contributed by atoms with E-state index in [1.54, 1.807) is 12.1 Å². The van der Waals surface area contributed by atoms with E-state index >= 15 is 0 Å². The number of aryl methyl sites for hydroxylation is 2. The SMILES string of the molecule is Cc1cccc(N(c2cccc(Oc3ccc(O)c(C)c3C)c2)c2cccc(C)c2O)c1O. The van der Waals surface area contributed by atoms with Gasteiger partial charge in [-0.3, -0.25) is 0 Å². The molecule has 0 unspecified atom stereocenters. The highest BCUT2D eigenvalue weighted by Crippen LogP contribution is 2.46. The molecule has 0 heterocycles. The van der Waals surface area contributed by atoms with E-state index < -0.39 is 0 Å². The lowest BCUT2D eigenvalue weighted by Crippen LogP contribution is -2.11. The van der Waals surface area contributed by atoms with Crippen molar-refractivity contribution < 1.29 is 20.1 Å². The van der Waals surface area contributed by atoms with Crippen LogP contribution in [0, 0.1) is 27.7 Å². The van der Waals surface area contributed by atoms with Gasteiger partial charge < -0.3 is 25.0 Å². The van der Waals surface area contributed by atoms with Crippen LogP contribution in [-0.4, -0.2) is 15.3 Å². The fraction of sp³-hybridized carbons (Fsp3) is 0.143. The molecule has 4 aromatic rings. The van der Waals surface area contributed by atoms with Crippen molar-refractivity contribution in [1.29, 1.82) is 0 Å². The summed E-state index contributed by atoms with van der Waals surface area (Å²) in [5, 5.41) is 31.7. The summed E-state index contributed by atoms with van der Waals surface area (Å²) in [4.78, 5) is 1.81. The van der Waals surface area contributed by atoms with E-state index in [2.05, 4.69) is 0 Å². The molecule has 0 saturated heterocycles. The summed E-state index contributed by atoms with van der Waals surface area (Å²) in [7, 11) is 0. The molecule has 0 aliphatic heterocycles. The number of hydrogen-bond donors (Lipinski definition) is 3. The van der Waals surface area contributed by atoms with Gasteiger partial charge in [0.2, 0.25) is 0 Å². The predicted molar refractivity (Wildman–Crippen MR) is 132 cm³/mol. The average molecular weight is 442 g/mol. The van der Waals surface area contributed by atoms with Crippen molar-refractivity contribution in [2.24, 2.45) is 0 Å². The fourth-order valence-electron chi connectivity index (χ4n) is 3.76. The molecule has 4 rings (SSSR count). The van der Waals surface area contributed by atoms with E-state index in [0.717, 1.165) is 22.3 Å². The van der Waals surface area contributed by atoms with Crippen LogP contribution in [0.15, 0.2) is 72.8 Å². The molecular weight excluding hydrogens is 414 g/mol. The zero-order valence-corrected chi connectivity index (χ0v) is 19.1. The van der Waals surface area contributed by atoms with Crippen molar-refractivity contribution >= 4 is 17.1 Å². The molecule has 4 aromatic carbocycles. The highest BCUT2D eigenvalue weighted by Gasteiger charge is 2.21. The average Bonchev–Trinajstić information content (AvgIpc) is 2.80. The molecule has 3 N–H and O–H groups in total. The summed E-state index contributed by atoms with van der Waals surface area (Å²) in [6.45, 7) is 7.41. The van der Waals surface area contributed by atoms with Gasteiger partial charge >= 0.3 is 0 Å². The van der Waals surface area contributed by atoms with Gasteiger partial charge in [-0.05, 0) is 86.3 Å². The van der Waals surface area contributed by atoms with Crippen LogP contribution in [0.1, 0.15) is 22.3 Å². The Hall–Kier alpha value is -4.12. The molecule has 168 valence electrons. The second-order valence-corrected chi connectivity index (χ2v) is 8.15. The second kappa shape index (κ2) is 8.79. The van der Waals surface area contributed by atoms with Crippen LogP contribution in [0.4, 0.5) is 17.1 Å². The molecule has 5 heteroatoms. The molecule has 0 aliphatic carbocycles. The van der Waals surface area contributed by atoms with Gasteiger partial charge in [-0.1, -0.05) is 30.3 Å². The van der Waals surface area contributed by atoms with Gasteiger partial charge in [0.1, 0.15) is 28.7 Å². The van der Waals surface area contributed by atoms with E-state index in [4.69, 9.17) is 4.74 Å². The van der Waals surface area contributed by atoms with Crippen LogP contribution in [0.3, 0.4) is 0 Å². The van der Waals surface area contributed by atoms with Crippen molar-refractivity contribution in [3.05, 3.63) is 95.1 Å². The quantitative estimate of drug-likeness (QED) is 0.303. The summed E-state index contributed by atoms with van der Waals surface area (Å²) in [6.07, 6.45) is 0. The van der Waals surface area contributed by atoms with Crippen molar-refractivity contribution in [2.45, 2.75) is 27.7 Å². The van der Waals surface area contributed by atoms with Gasteiger partial charge in [0.25, 0.3) is 0 Å². The first-order valence-corrected chi connectivity index (χ1v) is 10.7. The van der Waals surface area contributed by atoms with Crippen molar-refractivity contribution in [2.75, 3.05) is 4.90 Å². The minimum absolute atomic E-state index is 0.134. The molecule has 0 bridgehead atoms. The Balaban J connectivity index is 1.84.